The van der Waals surface area contributed by atoms with Crippen LogP contribution in [-0.4, -0.2) is 34.4 Å². The summed E-state index contributed by atoms with van der Waals surface area (Å²) in [4.78, 5) is 11.9. The lowest BCUT2D eigenvalue weighted by Crippen LogP contribution is -2.37. The molecule has 2 aromatic rings. The van der Waals surface area contributed by atoms with Gasteiger partial charge in [-0.15, -0.1) is 0 Å². The topological polar surface area (TPSA) is 105 Å². The van der Waals surface area contributed by atoms with E-state index in [0.29, 0.717) is 3.57 Å². The van der Waals surface area contributed by atoms with E-state index in [1.165, 1.54) is 26.0 Å². The number of aliphatic hydroxyl groups excluding tert-OH is 1. The van der Waals surface area contributed by atoms with Gasteiger partial charge in [-0.25, -0.2) is 13.2 Å². The summed E-state index contributed by atoms with van der Waals surface area (Å²) in [7, 11) is 0. The van der Waals surface area contributed by atoms with Crippen molar-refractivity contribution in [3.63, 3.8) is 0 Å². The Morgan fingerprint density at radius 3 is 2.40 bits per heavy atom. The number of primary amides is 1. The molecule has 0 saturated carbocycles. The van der Waals surface area contributed by atoms with Crippen LogP contribution in [0.15, 0.2) is 18.2 Å². The number of nitrogens with one attached hydrogen (secondary N) is 1. The molecule has 0 aliphatic carbocycles. The van der Waals surface area contributed by atoms with Gasteiger partial charge in [-0.05, 0) is 54.6 Å². The minimum absolute atomic E-state index is 0.228. The van der Waals surface area contributed by atoms with Gasteiger partial charge in [0.25, 0.3) is 5.91 Å². The molecule has 1 unspecified atom stereocenters. The highest BCUT2D eigenvalue weighted by Crippen LogP contribution is 2.37. The second-order valence-corrected chi connectivity index (χ2v) is 8.19. The molecule has 1 atom stereocenters. The lowest BCUT2D eigenvalue weighted by Gasteiger charge is -2.24. The van der Waals surface area contributed by atoms with Gasteiger partial charge in [0.2, 0.25) is 5.82 Å². The van der Waals surface area contributed by atoms with Crippen LogP contribution in [-0.2, 0) is 0 Å². The first-order valence-electron chi connectivity index (χ1n) is 8.60. The van der Waals surface area contributed by atoms with Crippen LogP contribution in [0, 0.1) is 26.8 Å². The lowest BCUT2D eigenvalue weighted by molar-refractivity contribution is -0.0558. The van der Waals surface area contributed by atoms with E-state index in [9.17, 15) is 32.6 Å². The van der Waals surface area contributed by atoms with Crippen LogP contribution in [0.5, 0.6) is 5.75 Å². The van der Waals surface area contributed by atoms with Gasteiger partial charge < -0.3 is 26.0 Å². The largest absolute Gasteiger partial charge is 0.489 e. The van der Waals surface area contributed by atoms with E-state index in [0.717, 1.165) is 6.07 Å². The molecule has 1 amide bonds. The van der Waals surface area contributed by atoms with Crippen molar-refractivity contribution in [3.8, 4) is 5.75 Å². The number of rotatable bonds is 8. The molecule has 5 N–H and O–H groups in total. The smallest absolute Gasteiger partial charge is 0.254 e. The fraction of sp³-hybridized carbons (Fsp3) is 0.316. The van der Waals surface area contributed by atoms with E-state index in [1.807, 2.05) is 22.6 Å². The van der Waals surface area contributed by atoms with Crippen molar-refractivity contribution in [3.05, 3.63) is 50.6 Å². The summed E-state index contributed by atoms with van der Waals surface area (Å²) in [6, 6.07) is 3.77. The molecule has 0 aromatic heterocycles. The summed E-state index contributed by atoms with van der Waals surface area (Å²) in [5, 5.41) is 21.7. The minimum Gasteiger partial charge on any atom is -0.489 e. The number of hydrogen-bond acceptors (Lipinski definition) is 5. The second-order valence-electron chi connectivity index (χ2n) is 6.94. The van der Waals surface area contributed by atoms with Crippen LogP contribution in [0.3, 0.4) is 0 Å². The number of carbonyl (C=O) groups is 1. The van der Waals surface area contributed by atoms with E-state index in [-0.39, 0.29) is 12.1 Å². The number of halogens is 5. The molecule has 2 aromatic carbocycles. The quantitative estimate of drug-likeness (QED) is 0.232. The molecule has 0 saturated heterocycles. The molecule has 11 heteroatoms. The van der Waals surface area contributed by atoms with E-state index < -0.39 is 64.5 Å². The maximum Gasteiger partial charge on any atom is 0.254 e. The zero-order valence-corrected chi connectivity index (χ0v) is 18.1. The van der Waals surface area contributed by atoms with Crippen molar-refractivity contribution < 1.29 is 37.3 Å². The fourth-order valence-electron chi connectivity index (χ4n) is 2.48. The van der Waals surface area contributed by atoms with E-state index in [1.54, 1.807) is 0 Å². The Bertz CT molecular complexity index is 967. The molecule has 0 heterocycles. The SMILES string of the molecule is CC(C)(O)C(O)CCOc1c(F)c(F)c(F)c(Nc2ccc(I)cc2F)c1C(N)=O. The molecule has 30 heavy (non-hydrogen) atoms. The van der Waals surface area contributed by atoms with Crippen molar-refractivity contribution in [1.29, 1.82) is 0 Å². The van der Waals surface area contributed by atoms with E-state index >= 15 is 0 Å². The molecule has 0 fully saturated rings. The van der Waals surface area contributed by atoms with Gasteiger partial charge in [-0.2, -0.15) is 4.39 Å². The third-order valence-electron chi connectivity index (χ3n) is 4.17. The first kappa shape index (κ1) is 24.2. The molecular weight excluding hydrogens is 523 g/mol. The molecule has 0 bridgehead atoms. The molecule has 0 aliphatic rings. The van der Waals surface area contributed by atoms with Gasteiger partial charge in [0.15, 0.2) is 17.4 Å². The van der Waals surface area contributed by atoms with Crippen molar-refractivity contribution in [2.75, 3.05) is 11.9 Å². The minimum atomic E-state index is -1.97. The lowest BCUT2D eigenvalue weighted by atomic mass is 10.00. The summed E-state index contributed by atoms with van der Waals surface area (Å²) in [5.74, 6) is -8.77. The Morgan fingerprint density at radius 2 is 1.87 bits per heavy atom. The van der Waals surface area contributed by atoms with Gasteiger partial charge in [0.05, 0.1) is 29.7 Å². The predicted molar refractivity (Wildman–Crippen MR) is 110 cm³/mol. The van der Waals surface area contributed by atoms with Gasteiger partial charge in [-0.3, -0.25) is 4.79 Å². The first-order valence-corrected chi connectivity index (χ1v) is 9.68. The Labute approximate surface area is 183 Å². The number of carbonyl (C=O) groups excluding carboxylic acids is 1. The van der Waals surface area contributed by atoms with Crippen molar-refractivity contribution >= 4 is 39.9 Å². The van der Waals surface area contributed by atoms with Crippen LogP contribution in [0.4, 0.5) is 28.9 Å². The molecule has 0 spiro atoms. The highest BCUT2D eigenvalue weighted by Gasteiger charge is 2.30. The van der Waals surface area contributed by atoms with Crippen LogP contribution < -0.4 is 15.8 Å². The van der Waals surface area contributed by atoms with Gasteiger partial charge in [-0.1, -0.05) is 0 Å². The van der Waals surface area contributed by atoms with Crippen molar-refractivity contribution in [2.24, 2.45) is 5.73 Å². The zero-order valence-electron chi connectivity index (χ0n) is 15.9. The van der Waals surface area contributed by atoms with Crippen LogP contribution in [0.1, 0.15) is 30.6 Å². The number of anilines is 2. The number of hydrogen-bond donors (Lipinski definition) is 4. The van der Waals surface area contributed by atoms with Crippen molar-refractivity contribution in [2.45, 2.75) is 32.0 Å². The Morgan fingerprint density at radius 1 is 1.23 bits per heavy atom. The van der Waals surface area contributed by atoms with Crippen LogP contribution >= 0.6 is 22.6 Å². The summed E-state index contributed by atoms with van der Waals surface area (Å²) < 4.78 is 62.6. The second kappa shape index (κ2) is 9.35. The summed E-state index contributed by atoms with van der Waals surface area (Å²) in [6.07, 6.45) is -1.52. The molecule has 0 radical (unpaired) electrons. The molecule has 2 rings (SSSR count). The number of nitrogens with two attached hydrogens (primary N) is 1. The fourth-order valence-corrected chi connectivity index (χ4v) is 2.93. The van der Waals surface area contributed by atoms with Crippen LogP contribution in [0.25, 0.3) is 0 Å². The molecule has 164 valence electrons. The number of ether oxygens (including phenoxy) is 1. The van der Waals surface area contributed by atoms with Gasteiger partial charge >= 0.3 is 0 Å². The highest BCUT2D eigenvalue weighted by molar-refractivity contribution is 14.1. The average Bonchev–Trinajstić information content (AvgIpc) is 2.64. The predicted octanol–water partition coefficient (Wildman–Crippen LogP) is 3.59. The molecular formula is C19H19F4IN2O4. The number of aliphatic hydroxyl groups is 2. The highest BCUT2D eigenvalue weighted by atomic mass is 127. The summed E-state index contributed by atoms with van der Waals surface area (Å²) in [6.45, 7) is 2.18. The average molecular weight is 542 g/mol. The Kier molecular flexibility index (Phi) is 7.53. The maximum atomic E-state index is 14.4. The maximum absolute atomic E-state index is 14.4. The van der Waals surface area contributed by atoms with Crippen molar-refractivity contribution in [1.82, 2.24) is 0 Å². The third kappa shape index (κ3) is 5.32. The molecule has 6 nitrogen and oxygen atoms in total. The number of benzene rings is 2. The summed E-state index contributed by atoms with van der Waals surface area (Å²) in [5.41, 5.74) is 1.63. The number of amides is 1. The Balaban J connectivity index is 2.48. The first-order chi connectivity index (χ1) is 13.8. The summed E-state index contributed by atoms with van der Waals surface area (Å²) >= 11 is 1.83. The molecule has 0 aliphatic heterocycles. The van der Waals surface area contributed by atoms with Crippen LogP contribution in [0.2, 0.25) is 0 Å². The monoisotopic (exact) mass is 542 g/mol. The third-order valence-corrected chi connectivity index (χ3v) is 4.84. The van der Waals surface area contributed by atoms with Gasteiger partial charge in [0.1, 0.15) is 11.4 Å². The Hall–Kier alpha value is -2.12. The van der Waals surface area contributed by atoms with E-state index in [2.05, 4.69) is 5.32 Å². The van der Waals surface area contributed by atoms with Gasteiger partial charge in [0, 0.05) is 9.99 Å². The van der Waals surface area contributed by atoms with E-state index in [4.69, 9.17) is 10.5 Å². The standard InChI is InChI=1S/C19H19F4IN2O4/c1-19(2,29)11(27)5-6-30-17-12(18(25)28)16(14(22)13(21)15(17)23)26-10-4-3-8(24)7-9(10)20/h3-4,7,11,26-27,29H,5-6H2,1-2H3,(H2,25,28). The normalized spacial score (nSPS) is 12.6. The zero-order chi connectivity index (χ0) is 22.8.